The molecule has 0 bridgehead atoms. The van der Waals surface area contributed by atoms with Crippen molar-refractivity contribution in [3.63, 3.8) is 0 Å². The smallest absolute Gasteiger partial charge is 0.227 e. The summed E-state index contributed by atoms with van der Waals surface area (Å²) in [5.41, 5.74) is 3.47. The minimum absolute atomic E-state index is 0.627. The van der Waals surface area contributed by atoms with E-state index in [0.717, 1.165) is 30.1 Å². The lowest BCUT2D eigenvalue weighted by Gasteiger charge is -2.13. The lowest BCUT2D eigenvalue weighted by Crippen LogP contribution is -2.05. The van der Waals surface area contributed by atoms with Crippen LogP contribution in [0.5, 0.6) is 11.6 Å². The number of nitrogens with one attached hydrogen (secondary N) is 1. The molecule has 0 aliphatic carbocycles. The average molecular weight is 271 g/mol. The van der Waals surface area contributed by atoms with Crippen molar-refractivity contribution in [3.8, 4) is 11.6 Å². The SMILES string of the molecule is CCNc1ncnc(Oc2ccc(C)c(C)c2)c1CC. The number of aromatic nitrogens is 2. The molecule has 1 N–H and O–H groups in total. The fourth-order valence-electron chi connectivity index (χ4n) is 2.01. The van der Waals surface area contributed by atoms with Crippen LogP contribution < -0.4 is 10.1 Å². The largest absolute Gasteiger partial charge is 0.439 e. The Morgan fingerprint density at radius 2 is 1.90 bits per heavy atom. The Morgan fingerprint density at radius 1 is 1.10 bits per heavy atom. The summed E-state index contributed by atoms with van der Waals surface area (Å²) in [7, 11) is 0. The van der Waals surface area contributed by atoms with Crippen LogP contribution in [0.2, 0.25) is 0 Å². The molecule has 1 aromatic carbocycles. The first-order valence-corrected chi connectivity index (χ1v) is 6.98. The summed E-state index contributed by atoms with van der Waals surface area (Å²) in [6.07, 6.45) is 2.36. The number of nitrogens with zero attached hydrogens (tertiary/aromatic N) is 2. The van der Waals surface area contributed by atoms with Gasteiger partial charge in [-0.05, 0) is 50.5 Å². The summed E-state index contributed by atoms with van der Waals surface area (Å²) in [5.74, 6) is 2.29. The number of anilines is 1. The molecule has 0 fully saturated rings. The van der Waals surface area contributed by atoms with Gasteiger partial charge >= 0.3 is 0 Å². The molecular weight excluding hydrogens is 250 g/mol. The quantitative estimate of drug-likeness (QED) is 0.896. The van der Waals surface area contributed by atoms with Crippen molar-refractivity contribution < 1.29 is 4.74 Å². The van der Waals surface area contributed by atoms with Crippen LogP contribution in [0.3, 0.4) is 0 Å². The number of hydrogen-bond donors (Lipinski definition) is 1. The summed E-state index contributed by atoms with van der Waals surface area (Å²) in [6.45, 7) is 9.11. The van der Waals surface area contributed by atoms with Gasteiger partial charge in [-0.1, -0.05) is 13.0 Å². The van der Waals surface area contributed by atoms with E-state index in [0.29, 0.717) is 5.88 Å². The number of rotatable bonds is 5. The van der Waals surface area contributed by atoms with Crippen LogP contribution in [0.1, 0.15) is 30.5 Å². The third kappa shape index (κ3) is 3.07. The number of benzene rings is 1. The van der Waals surface area contributed by atoms with E-state index in [1.54, 1.807) is 0 Å². The van der Waals surface area contributed by atoms with Crippen molar-refractivity contribution in [2.24, 2.45) is 0 Å². The average Bonchev–Trinajstić information content (AvgIpc) is 2.44. The van der Waals surface area contributed by atoms with Crippen LogP contribution in [0.4, 0.5) is 5.82 Å². The number of hydrogen-bond acceptors (Lipinski definition) is 4. The molecule has 4 heteroatoms. The van der Waals surface area contributed by atoms with Gasteiger partial charge in [0.25, 0.3) is 0 Å². The topological polar surface area (TPSA) is 47.0 Å². The van der Waals surface area contributed by atoms with Crippen molar-refractivity contribution >= 4 is 5.82 Å². The second kappa shape index (κ2) is 6.37. The molecule has 0 spiro atoms. The van der Waals surface area contributed by atoms with Gasteiger partial charge in [-0.15, -0.1) is 0 Å². The molecule has 1 heterocycles. The molecule has 1 aromatic heterocycles. The summed E-state index contributed by atoms with van der Waals surface area (Å²) in [4.78, 5) is 8.54. The molecule has 0 aliphatic rings. The summed E-state index contributed by atoms with van der Waals surface area (Å²) < 4.78 is 5.93. The van der Waals surface area contributed by atoms with Crippen LogP contribution >= 0.6 is 0 Å². The monoisotopic (exact) mass is 271 g/mol. The van der Waals surface area contributed by atoms with Crippen molar-refractivity contribution in [2.45, 2.75) is 34.1 Å². The van der Waals surface area contributed by atoms with E-state index < -0.39 is 0 Å². The standard InChI is InChI=1S/C16H21N3O/c1-5-14-15(17-6-2)18-10-19-16(14)20-13-8-7-11(3)12(4)9-13/h7-10H,5-6H2,1-4H3,(H,17,18,19). The Hall–Kier alpha value is -2.10. The highest BCUT2D eigenvalue weighted by Gasteiger charge is 2.11. The maximum atomic E-state index is 5.93. The van der Waals surface area contributed by atoms with Crippen LogP contribution in [0, 0.1) is 13.8 Å². The highest BCUT2D eigenvalue weighted by molar-refractivity contribution is 5.50. The van der Waals surface area contributed by atoms with Crippen molar-refractivity contribution in [2.75, 3.05) is 11.9 Å². The Kier molecular flexibility index (Phi) is 4.56. The van der Waals surface area contributed by atoms with Crippen LogP contribution in [0.25, 0.3) is 0 Å². The molecule has 4 nitrogen and oxygen atoms in total. The minimum atomic E-state index is 0.627. The van der Waals surface area contributed by atoms with Crippen LogP contribution in [-0.4, -0.2) is 16.5 Å². The Labute approximate surface area is 120 Å². The van der Waals surface area contributed by atoms with Gasteiger partial charge in [0.05, 0.1) is 5.56 Å². The van der Waals surface area contributed by atoms with E-state index in [1.165, 1.54) is 17.5 Å². The van der Waals surface area contributed by atoms with E-state index in [1.807, 2.05) is 19.1 Å². The van der Waals surface area contributed by atoms with Crippen molar-refractivity contribution in [1.29, 1.82) is 0 Å². The zero-order chi connectivity index (χ0) is 14.5. The normalized spacial score (nSPS) is 10.4. The first-order chi connectivity index (χ1) is 9.65. The van der Waals surface area contributed by atoms with E-state index in [4.69, 9.17) is 4.74 Å². The van der Waals surface area contributed by atoms with Gasteiger partial charge in [0.1, 0.15) is 17.9 Å². The molecule has 2 rings (SSSR count). The maximum Gasteiger partial charge on any atom is 0.227 e. The molecule has 0 aliphatic heterocycles. The summed E-state index contributed by atoms with van der Waals surface area (Å²) in [5, 5.41) is 3.24. The van der Waals surface area contributed by atoms with E-state index >= 15 is 0 Å². The molecule has 0 atom stereocenters. The fraction of sp³-hybridized carbons (Fsp3) is 0.375. The maximum absolute atomic E-state index is 5.93. The van der Waals surface area contributed by atoms with Gasteiger partial charge in [0, 0.05) is 6.54 Å². The van der Waals surface area contributed by atoms with E-state index in [9.17, 15) is 0 Å². The molecular formula is C16H21N3O. The third-order valence-electron chi connectivity index (χ3n) is 3.30. The second-order valence-electron chi connectivity index (χ2n) is 4.74. The summed E-state index contributed by atoms with van der Waals surface area (Å²) in [6, 6.07) is 6.06. The zero-order valence-corrected chi connectivity index (χ0v) is 12.5. The molecule has 0 unspecified atom stereocenters. The Morgan fingerprint density at radius 3 is 2.55 bits per heavy atom. The lowest BCUT2D eigenvalue weighted by molar-refractivity contribution is 0.455. The molecule has 2 aromatic rings. The molecule has 0 saturated carbocycles. The number of ether oxygens (including phenoxy) is 1. The Bertz CT molecular complexity index is 596. The fourth-order valence-corrected chi connectivity index (χ4v) is 2.01. The third-order valence-corrected chi connectivity index (χ3v) is 3.30. The van der Waals surface area contributed by atoms with Crippen LogP contribution in [0.15, 0.2) is 24.5 Å². The first kappa shape index (κ1) is 14.3. The molecule has 0 radical (unpaired) electrons. The minimum Gasteiger partial charge on any atom is -0.439 e. The second-order valence-corrected chi connectivity index (χ2v) is 4.74. The van der Waals surface area contributed by atoms with Gasteiger partial charge < -0.3 is 10.1 Å². The number of aryl methyl sites for hydroxylation is 2. The van der Waals surface area contributed by atoms with E-state index in [-0.39, 0.29) is 0 Å². The van der Waals surface area contributed by atoms with Gasteiger partial charge in [-0.3, -0.25) is 0 Å². The van der Waals surface area contributed by atoms with Gasteiger partial charge in [-0.2, -0.15) is 0 Å². The first-order valence-electron chi connectivity index (χ1n) is 6.98. The lowest BCUT2D eigenvalue weighted by atomic mass is 10.1. The predicted octanol–water partition coefficient (Wildman–Crippen LogP) is 3.88. The van der Waals surface area contributed by atoms with Gasteiger partial charge in [-0.25, -0.2) is 9.97 Å². The molecule has 20 heavy (non-hydrogen) atoms. The molecule has 0 amide bonds. The van der Waals surface area contributed by atoms with E-state index in [2.05, 4.69) is 42.1 Å². The van der Waals surface area contributed by atoms with Crippen molar-refractivity contribution in [1.82, 2.24) is 9.97 Å². The molecule has 0 saturated heterocycles. The van der Waals surface area contributed by atoms with Gasteiger partial charge in [0.15, 0.2) is 0 Å². The Balaban J connectivity index is 2.32. The van der Waals surface area contributed by atoms with Crippen LogP contribution in [-0.2, 0) is 6.42 Å². The van der Waals surface area contributed by atoms with Crippen molar-refractivity contribution in [3.05, 3.63) is 41.2 Å². The van der Waals surface area contributed by atoms with Gasteiger partial charge in [0.2, 0.25) is 5.88 Å². The predicted molar refractivity (Wildman–Crippen MR) is 81.6 cm³/mol. The summed E-state index contributed by atoms with van der Waals surface area (Å²) >= 11 is 0. The molecule has 106 valence electrons. The highest BCUT2D eigenvalue weighted by atomic mass is 16.5. The zero-order valence-electron chi connectivity index (χ0n) is 12.5. The highest BCUT2D eigenvalue weighted by Crippen LogP contribution is 2.28.